The Labute approximate surface area is 198 Å². The Morgan fingerprint density at radius 3 is 2.39 bits per heavy atom. The van der Waals surface area contributed by atoms with E-state index in [1.165, 1.54) is 49.0 Å². The quantitative estimate of drug-likeness (QED) is 0.274. The molecule has 0 N–H and O–H groups in total. The molecule has 31 heavy (non-hydrogen) atoms. The molecule has 1 aliphatic carbocycles. The van der Waals surface area contributed by atoms with Crippen LogP contribution >= 0.6 is 0 Å². The number of furan rings is 1. The molecule has 0 atom stereocenters. The Balaban J connectivity index is 0.000000373. The molecule has 0 aliphatic heterocycles. The van der Waals surface area contributed by atoms with Crippen LogP contribution in [0.4, 0.5) is 0 Å². The van der Waals surface area contributed by atoms with Crippen LogP contribution in [-0.2, 0) is 48.0 Å². The van der Waals surface area contributed by atoms with E-state index in [-0.39, 0.29) is 43.5 Å². The molecule has 0 spiro atoms. The summed E-state index contributed by atoms with van der Waals surface area (Å²) in [5.41, 5.74) is 5.68. The zero-order valence-corrected chi connectivity index (χ0v) is 21.3. The van der Waals surface area contributed by atoms with Crippen molar-refractivity contribution in [2.24, 2.45) is 0 Å². The summed E-state index contributed by atoms with van der Waals surface area (Å²) in [7, 11) is 0. The summed E-state index contributed by atoms with van der Waals surface area (Å²) in [6.45, 7) is 9.48. The molecule has 1 aliphatic rings. The largest absolute Gasteiger partial charge is 0.505 e. The number of rotatable bonds is 3. The number of aryl methyl sites for hydroxylation is 2. The standard InChI is InChI=1S/C21H22NO.C5H8O2.Ir/c1-21(2,3)14-11-12-22-18(13-14)17-9-6-8-16-15-7-4-5-10-19(15)23-20(16)17;1-4(6)3-5(2)7;/h6,8,11-13H,4-5,7,10H2,1-3H3;3H2,1-2H3;/q-1;;. The molecule has 0 unspecified atom stereocenters. The number of nitrogens with zero attached hydrogens (tertiary/aromatic N) is 1. The molecule has 2 aromatic heterocycles. The van der Waals surface area contributed by atoms with Crippen molar-refractivity contribution in [3.05, 3.63) is 53.4 Å². The fraction of sp³-hybridized carbons (Fsp3) is 0.423. The van der Waals surface area contributed by atoms with E-state index < -0.39 is 0 Å². The molecule has 3 aromatic rings. The van der Waals surface area contributed by atoms with Crippen molar-refractivity contribution in [1.82, 2.24) is 4.98 Å². The SMILES string of the molecule is CC(=O)CC(C)=O.CC(C)(C)c1ccnc(-c2[c-]ccc3c4c(oc23)CCCC4)c1.[Ir]. The number of hydrogen-bond acceptors (Lipinski definition) is 4. The number of hydrogen-bond donors (Lipinski definition) is 0. The van der Waals surface area contributed by atoms with Crippen LogP contribution in [0.15, 0.2) is 34.9 Å². The molecule has 5 heteroatoms. The number of carbonyl (C=O) groups is 2. The average Bonchev–Trinajstić information content (AvgIpc) is 3.05. The van der Waals surface area contributed by atoms with Crippen LogP contribution in [0, 0.1) is 6.07 Å². The summed E-state index contributed by atoms with van der Waals surface area (Å²) < 4.78 is 6.23. The Morgan fingerprint density at radius 2 is 1.77 bits per heavy atom. The van der Waals surface area contributed by atoms with Gasteiger partial charge in [-0.2, -0.15) is 0 Å². The number of Topliss-reactive ketones (excluding diaryl/α,β-unsaturated/α-hetero) is 2. The summed E-state index contributed by atoms with van der Waals surface area (Å²) in [5, 5.41) is 1.25. The zero-order chi connectivity index (χ0) is 21.9. The predicted molar refractivity (Wildman–Crippen MR) is 120 cm³/mol. The number of benzene rings is 1. The van der Waals surface area contributed by atoms with Gasteiger partial charge in [-0.3, -0.25) is 9.59 Å². The van der Waals surface area contributed by atoms with Crippen molar-refractivity contribution in [2.45, 2.75) is 72.1 Å². The van der Waals surface area contributed by atoms with Crippen LogP contribution in [0.1, 0.15) is 70.8 Å². The van der Waals surface area contributed by atoms with E-state index in [1.54, 1.807) is 0 Å². The van der Waals surface area contributed by atoms with Crippen molar-refractivity contribution in [3.8, 4) is 11.3 Å². The maximum atomic E-state index is 10.0. The normalized spacial score (nSPS) is 12.9. The predicted octanol–water partition coefficient (Wildman–Crippen LogP) is 6.02. The Kier molecular flexibility index (Phi) is 8.50. The fourth-order valence-electron chi connectivity index (χ4n) is 3.80. The second kappa shape index (κ2) is 10.5. The number of carbonyl (C=O) groups excluding carboxylic acids is 2. The average molecular weight is 597 g/mol. The van der Waals surface area contributed by atoms with Crippen LogP contribution in [0.2, 0.25) is 0 Å². The molecular formula is C26H30IrNO3-. The summed E-state index contributed by atoms with van der Waals surface area (Å²) in [6.07, 6.45) is 6.64. The molecule has 2 heterocycles. The van der Waals surface area contributed by atoms with Crippen molar-refractivity contribution >= 4 is 22.5 Å². The van der Waals surface area contributed by atoms with Gasteiger partial charge in [0, 0.05) is 32.7 Å². The van der Waals surface area contributed by atoms with Crippen LogP contribution in [-0.4, -0.2) is 16.6 Å². The first-order valence-corrected chi connectivity index (χ1v) is 10.6. The zero-order valence-electron chi connectivity index (χ0n) is 18.9. The minimum atomic E-state index is -0.0625. The molecule has 167 valence electrons. The number of pyridine rings is 1. The van der Waals surface area contributed by atoms with Crippen molar-refractivity contribution in [3.63, 3.8) is 0 Å². The summed E-state index contributed by atoms with van der Waals surface area (Å²) in [5.74, 6) is 1.04. The molecule has 0 saturated carbocycles. The van der Waals surface area contributed by atoms with Crippen molar-refractivity contribution in [2.75, 3.05) is 0 Å². The molecule has 0 bridgehead atoms. The molecule has 1 radical (unpaired) electrons. The fourth-order valence-corrected chi connectivity index (χ4v) is 3.80. The molecule has 0 fully saturated rings. The van der Waals surface area contributed by atoms with Crippen molar-refractivity contribution in [1.29, 1.82) is 0 Å². The Morgan fingerprint density at radius 1 is 1.10 bits per heavy atom. The Bertz CT molecular complexity index is 1060. The van der Waals surface area contributed by atoms with Gasteiger partial charge in [0.1, 0.15) is 11.6 Å². The number of fused-ring (bicyclic) bond motifs is 3. The third kappa shape index (κ3) is 6.21. The Hall–Kier alpha value is -2.10. The molecule has 4 nitrogen and oxygen atoms in total. The summed E-state index contributed by atoms with van der Waals surface area (Å²) in [6, 6.07) is 11.8. The third-order valence-corrected chi connectivity index (χ3v) is 5.30. The van der Waals surface area contributed by atoms with Gasteiger partial charge in [-0.15, -0.1) is 18.2 Å². The maximum absolute atomic E-state index is 10.0. The van der Waals surface area contributed by atoms with Gasteiger partial charge in [0.05, 0.1) is 17.8 Å². The van der Waals surface area contributed by atoms with Crippen LogP contribution in [0.25, 0.3) is 22.2 Å². The van der Waals surface area contributed by atoms with Crippen molar-refractivity contribution < 1.29 is 34.1 Å². The van der Waals surface area contributed by atoms with Gasteiger partial charge in [0.2, 0.25) is 0 Å². The maximum Gasteiger partial charge on any atom is 0.137 e. The van der Waals surface area contributed by atoms with Gasteiger partial charge in [0.15, 0.2) is 0 Å². The minimum Gasteiger partial charge on any atom is -0.505 e. The summed E-state index contributed by atoms with van der Waals surface area (Å²) >= 11 is 0. The van der Waals surface area contributed by atoms with E-state index in [4.69, 9.17) is 4.42 Å². The van der Waals surface area contributed by atoms with Crippen LogP contribution in [0.5, 0.6) is 0 Å². The molecule has 4 rings (SSSR count). The first-order chi connectivity index (χ1) is 14.2. The van der Waals surface area contributed by atoms with E-state index in [0.29, 0.717) is 0 Å². The van der Waals surface area contributed by atoms with Crippen LogP contribution < -0.4 is 0 Å². The monoisotopic (exact) mass is 597 g/mol. The van der Waals surface area contributed by atoms with Gasteiger partial charge >= 0.3 is 0 Å². The number of ketones is 2. The topological polar surface area (TPSA) is 60.2 Å². The first-order valence-electron chi connectivity index (χ1n) is 10.6. The summed E-state index contributed by atoms with van der Waals surface area (Å²) in [4.78, 5) is 24.7. The van der Waals surface area contributed by atoms with E-state index in [2.05, 4.69) is 50.0 Å². The van der Waals surface area contributed by atoms with Crippen LogP contribution in [0.3, 0.4) is 0 Å². The van der Waals surface area contributed by atoms with E-state index >= 15 is 0 Å². The molecule has 0 saturated heterocycles. The smallest absolute Gasteiger partial charge is 0.137 e. The van der Waals surface area contributed by atoms with E-state index in [1.807, 2.05) is 12.3 Å². The number of aromatic nitrogens is 1. The minimum absolute atomic E-state index is 0. The van der Waals surface area contributed by atoms with Gasteiger partial charge in [-0.25, -0.2) is 0 Å². The van der Waals surface area contributed by atoms with Gasteiger partial charge in [-0.1, -0.05) is 37.8 Å². The first kappa shape index (κ1) is 25.2. The van der Waals surface area contributed by atoms with Gasteiger partial charge < -0.3 is 9.40 Å². The third-order valence-electron chi connectivity index (χ3n) is 5.30. The second-order valence-corrected chi connectivity index (χ2v) is 9.07. The molecule has 0 amide bonds. The van der Waals surface area contributed by atoms with E-state index in [9.17, 15) is 9.59 Å². The van der Waals surface area contributed by atoms with Gasteiger partial charge in [-0.05, 0) is 61.4 Å². The van der Waals surface area contributed by atoms with E-state index in [0.717, 1.165) is 29.7 Å². The van der Waals surface area contributed by atoms with Gasteiger partial charge in [0.25, 0.3) is 0 Å². The second-order valence-electron chi connectivity index (χ2n) is 9.07. The molecule has 1 aromatic carbocycles. The molecular weight excluding hydrogens is 567 g/mol.